The summed E-state index contributed by atoms with van der Waals surface area (Å²) in [6, 6.07) is 0. The van der Waals surface area contributed by atoms with Crippen LogP contribution in [0.15, 0.2) is 16.5 Å². The van der Waals surface area contributed by atoms with E-state index in [0.29, 0.717) is 21.9 Å². The van der Waals surface area contributed by atoms with Crippen LogP contribution in [0.4, 0.5) is 0 Å². The van der Waals surface area contributed by atoms with Gasteiger partial charge in [-0.1, -0.05) is 29.7 Å². The molecular weight excluding hydrogens is 252 g/mol. The number of hydrogen-bond acceptors (Lipinski definition) is 6. The van der Waals surface area contributed by atoms with E-state index in [1.807, 2.05) is 0 Å². The molecule has 1 heterocycles. The van der Waals surface area contributed by atoms with Crippen LogP contribution in [-0.2, 0) is 9.53 Å². The van der Waals surface area contributed by atoms with Crippen molar-refractivity contribution in [1.29, 1.82) is 0 Å². The zero-order chi connectivity index (χ0) is 11.3. The summed E-state index contributed by atoms with van der Waals surface area (Å²) in [6.45, 7) is 5.45. The number of H-pyrrole nitrogens is 1. The van der Waals surface area contributed by atoms with E-state index in [4.69, 9.17) is 17.0 Å². The molecule has 1 aromatic heterocycles. The van der Waals surface area contributed by atoms with Crippen LogP contribution in [-0.4, -0.2) is 28.5 Å². The molecule has 0 amide bonds. The number of rotatable bonds is 5. The second-order valence-corrected chi connectivity index (χ2v) is 5.65. The molecule has 0 spiro atoms. The first-order valence-electron chi connectivity index (χ1n) is 4.10. The highest BCUT2D eigenvalue weighted by Crippen LogP contribution is 2.19. The molecule has 0 aliphatic rings. The predicted octanol–water partition coefficient (Wildman–Crippen LogP) is 2.41. The molecule has 7 heteroatoms. The molecule has 0 fully saturated rings. The minimum absolute atomic E-state index is 0.350. The maximum Gasteiger partial charge on any atom is 0.333 e. The van der Waals surface area contributed by atoms with E-state index in [1.165, 1.54) is 23.1 Å². The number of nitrogens with zero attached hydrogens (tertiary/aromatic N) is 1. The number of thioether (sulfide) groups is 1. The van der Waals surface area contributed by atoms with Crippen LogP contribution in [0.25, 0.3) is 0 Å². The van der Waals surface area contributed by atoms with Crippen LogP contribution in [0, 0.1) is 3.95 Å². The van der Waals surface area contributed by atoms with Gasteiger partial charge in [0.25, 0.3) is 0 Å². The van der Waals surface area contributed by atoms with Crippen molar-refractivity contribution < 1.29 is 9.53 Å². The normalized spacial score (nSPS) is 9.93. The average Bonchev–Trinajstić information content (AvgIpc) is 2.58. The van der Waals surface area contributed by atoms with Gasteiger partial charge in [-0.05, 0) is 19.1 Å². The predicted molar refractivity (Wildman–Crippen MR) is 63.8 cm³/mol. The molecule has 1 aromatic rings. The Morgan fingerprint density at radius 3 is 3.07 bits per heavy atom. The van der Waals surface area contributed by atoms with E-state index in [-0.39, 0.29) is 5.97 Å². The molecule has 1 N–H and O–H groups in total. The first-order valence-corrected chi connectivity index (χ1v) is 6.31. The smallest absolute Gasteiger partial charge is 0.333 e. The van der Waals surface area contributed by atoms with Gasteiger partial charge < -0.3 is 4.74 Å². The van der Waals surface area contributed by atoms with Crippen molar-refractivity contribution in [2.75, 3.05) is 12.4 Å². The Morgan fingerprint density at radius 1 is 1.80 bits per heavy atom. The van der Waals surface area contributed by atoms with Gasteiger partial charge in [-0.15, -0.1) is 0 Å². The number of hydrogen-bond donors (Lipinski definition) is 1. The van der Waals surface area contributed by atoms with Gasteiger partial charge in [-0.2, -0.15) is 5.10 Å². The molecule has 0 saturated heterocycles. The quantitative estimate of drug-likeness (QED) is 0.290. The first-order chi connectivity index (χ1) is 7.09. The molecule has 82 valence electrons. The molecule has 0 aliphatic carbocycles. The van der Waals surface area contributed by atoms with Crippen LogP contribution >= 0.6 is 35.3 Å². The fourth-order valence-electron chi connectivity index (χ4n) is 0.665. The van der Waals surface area contributed by atoms with E-state index in [2.05, 4.69) is 16.8 Å². The molecule has 1 rings (SSSR count). The van der Waals surface area contributed by atoms with E-state index >= 15 is 0 Å². The second kappa shape index (κ2) is 6.04. The van der Waals surface area contributed by atoms with Crippen LogP contribution in [0.1, 0.15) is 6.92 Å². The second-order valence-electron chi connectivity index (χ2n) is 2.64. The maximum atomic E-state index is 11.0. The zero-order valence-corrected chi connectivity index (χ0v) is 10.6. The fraction of sp³-hybridized carbons (Fsp3) is 0.375. The van der Waals surface area contributed by atoms with Crippen molar-refractivity contribution in [1.82, 2.24) is 10.2 Å². The van der Waals surface area contributed by atoms with Gasteiger partial charge in [0.05, 0.1) is 0 Å². The lowest BCUT2D eigenvalue weighted by atomic mass is 10.4. The van der Waals surface area contributed by atoms with Gasteiger partial charge in [0, 0.05) is 11.3 Å². The molecule has 0 unspecified atom stereocenters. The van der Waals surface area contributed by atoms with E-state index in [0.717, 1.165) is 4.34 Å². The van der Waals surface area contributed by atoms with Crippen molar-refractivity contribution in [3.05, 3.63) is 16.1 Å². The Labute approximate surface area is 101 Å². The lowest BCUT2D eigenvalue weighted by Gasteiger charge is -2.01. The SMILES string of the molecule is C=C(C)C(=O)OCCSc1n[nH]c(=S)s1. The summed E-state index contributed by atoms with van der Waals surface area (Å²) < 4.78 is 6.42. The Kier molecular flexibility index (Phi) is 5.00. The summed E-state index contributed by atoms with van der Waals surface area (Å²) in [7, 11) is 0. The highest BCUT2D eigenvalue weighted by atomic mass is 32.2. The van der Waals surface area contributed by atoms with Crippen molar-refractivity contribution in [2.45, 2.75) is 11.3 Å². The van der Waals surface area contributed by atoms with E-state index in [1.54, 1.807) is 6.92 Å². The molecule has 0 aliphatic heterocycles. The Morgan fingerprint density at radius 2 is 2.53 bits per heavy atom. The summed E-state index contributed by atoms with van der Waals surface area (Å²) >= 11 is 7.78. The average molecular weight is 262 g/mol. The topological polar surface area (TPSA) is 55.0 Å². The van der Waals surface area contributed by atoms with E-state index < -0.39 is 0 Å². The van der Waals surface area contributed by atoms with Crippen LogP contribution < -0.4 is 0 Å². The van der Waals surface area contributed by atoms with Gasteiger partial charge in [-0.3, -0.25) is 5.10 Å². The number of aromatic amines is 1. The summed E-state index contributed by atoms with van der Waals surface area (Å²) in [6.07, 6.45) is 0. The highest BCUT2D eigenvalue weighted by molar-refractivity contribution is 8.01. The first kappa shape index (κ1) is 12.4. The summed E-state index contributed by atoms with van der Waals surface area (Å²) in [4.78, 5) is 11.0. The third-order valence-corrected chi connectivity index (χ3v) is 3.51. The number of nitrogens with one attached hydrogen (secondary N) is 1. The summed E-state index contributed by atoms with van der Waals surface area (Å²) in [5.74, 6) is 0.306. The van der Waals surface area contributed by atoms with Crippen LogP contribution in [0.3, 0.4) is 0 Å². The van der Waals surface area contributed by atoms with Gasteiger partial charge >= 0.3 is 5.97 Å². The third kappa shape index (κ3) is 4.59. The fourth-order valence-corrected chi connectivity index (χ4v) is 2.63. The highest BCUT2D eigenvalue weighted by Gasteiger charge is 2.03. The minimum Gasteiger partial charge on any atom is -0.461 e. The molecule has 0 saturated carbocycles. The number of esters is 1. The standard InChI is InChI=1S/C8H10N2O2S3/c1-5(2)6(11)12-3-4-14-8-10-9-7(13)15-8/h1,3-4H2,2H3,(H,9,13). The molecule has 0 radical (unpaired) electrons. The Hall–Kier alpha value is -0.660. The Bertz CT molecular complexity index is 410. The van der Waals surface area contributed by atoms with Crippen molar-refractivity contribution in [3.63, 3.8) is 0 Å². The van der Waals surface area contributed by atoms with Gasteiger partial charge in [0.1, 0.15) is 6.61 Å². The zero-order valence-electron chi connectivity index (χ0n) is 8.11. The molecular formula is C8H10N2O2S3. The van der Waals surface area contributed by atoms with Crippen molar-refractivity contribution in [3.8, 4) is 0 Å². The van der Waals surface area contributed by atoms with Crippen molar-refractivity contribution >= 4 is 41.3 Å². The van der Waals surface area contributed by atoms with Gasteiger partial charge in [0.2, 0.25) is 0 Å². The number of carbonyl (C=O) groups is 1. The molecule has 0 aromatic carbocycles. The monoisotopic (exact) mass is 262 g/mol. The minimum atomic E-state index is -0.356. The number of ether oxygens (including phenoxy) is 1. The van der Waals surface area contributed by atoms with Crippen LogP contribution in [0.2, 0.25) is 0 Å². The summed E-state index contributed by atoms with van der Waals surface area (Å²) in [5.41, 5.74) is 0.412. The third-order valence-electron chi connectivity index (χ3n) is 1.31. The lowest BCUT2D eigenvalue weighted by molar-refractivity contribution is -0.138. The van der Waals surface area contributed by atoms with Crippen LogP contribution in [0.5, 0.6) is 0 Å². The molecule has 0 bridgehead atoms. The molecule has 15 heavy (non-hydrogen) atoms. The lowest BCUT2D eigenvalue weighted by Crippen LogP contribution is -2.07. The van der Waals surface area contributed by atoms with Gasteiger partial charge in [-0.25, -0.2) is 4.79 Å². The van der Waals surface area contributed by atoms with E-state index in [9.17, 15) is 4.79 Å². The maximum absolute atomic E-state index is 11.0. The van der Waals surface area contributed by atoms with Gasteiger partial charge in [0.15, 0.2) is 8.29 Å². The number of carbonyl (C=O) groups excluding carboxylic acids is 1. The van der Waals surface area contributed by atoms with Crippen molar-refractivity contribution in [2.24, 2.45) is 0 Å². The molecule has 4 nitrogen and oxygen atoms in total. The largest absolute Gasteiger partial charge is 0.461 e. The Balaban J connectivity index is 2.20. The molecule has 0 atom stereocenters. The summed E-state index contributed by atoms with van der Waals surface area (Å²) in [5, 5.41) is 6.64. The number of aromatic nitrogens is 2.